The molecule has 0 radical (unpaired) electrons. The van der Waals surface area contributed by atoms with Crippen molar-refractivity contribution in [3.05, 3.63) is 0 Å². The van der Waals surface area contributed by atoms with Crippen molar-refractivity contribution in [3.8, 4) is 0 Å². The Balaban J connectivity index is 4.91. The van der Waals surface area contributed by atoms with Gasteiger partial charge in [-0.05, 0) is 6.92 Å². The summed E-state index contributed by atoms with van der Waals surface area (Å²) in [5, 5.41) is 0. The molecule has 0 aromatic carbocycles. The minimum absolute atomic E-state index is 0.895. The Morgan fingerprint density at radius 1 is 1.00 bits per heavy atom. The summed E-state index contributed by atoms with van der Waals surface area (Å²) in [5.41, 5.74) is 0. The summed E-state index contributed by atoms with van der Waals surface area (Å²) >= 11 is 0. The molecule has 0 fully saturated rings. The zero-order valence-corrected chi connectivity index (χ0v) is 7.22. The van der Waals surface area contributed by atoms with Gasteiger partial charge in [-0.1, -0.05) is 0 Å². The number of rotatable bonds is 4. The first-order valence-corrected chi connectivity index (χ1v) is 3.57. The van der Waals surface area contributed by atoms with Crippen molar-refractivity contribution >= 4 is 0 Å². The van der Waals surface area contributed by atoms with E-state index >= 15 is 0 Å². The van der Waals surface area contributed by atoms with Crippen LogP contribution in [0.25, 0.3) is 0 Å². The van der Waals surface area contributed by atoms with Gasteiger partial charge in [0, 0.05) is 0 Å². The third-order valence-corrected chi connectivity index (χ3v) is 1.33. The average Bonchev–Trinajstić information content (AvgIpc) is 2.00. The molecule has 0 N–H and O–H groups in total. The Hall–Kier alpha value is -0.600. The second-order valence-corrected chi connectivity index (χ2v) is 2.48. The van der Waals surface area contributed by atoms with Gasteiger partial charge in [0.25, 0.3) is 6.17 Å². The van der Waals surface area contributed by atoms with Crippen LogP contribution in [0.15, 0.2) is 0 Å². The Morgan fingerprint density at radius 2 is 1.40 bits per heavy atom. The molecule has 0 saturated carbocycles. The van der Waals surface area contributed by atoms with E-state index in [4.69, 9.17) is 0 Å². The molecule has 1 atom stereocenters. The van der Waals surface area contributed by atoms with Crippen LogP contribution in [0, 0.1) is 0 Å². The highest BCUT2D eigenvalue weighted by Crippen LogP contribution is 2.44. The molecule has 0 saturated heterocycles. The summed E-state index contributed by atoms with van der Waals surface area (Å²) in [7, 11) is 0. The molecule has 0 aromatic rings. The van der Waals surface area contributed by atoms with Gasteiger partial charge in [0.15, 0.2) is 0 Å². The fourth-order valence-electron chi connectivity index (χ4n) is 0.620. The predicted octanol–water partition coefficient (Wildman–Crippen LogP) is 3.15. The fourth-order valence-corrected chi connectivity index (χ4v) is 0.620. The fraction of sp³-hybridized carbons (Fsp3) is 1.00. The van der Waals surface area contributed by atoms with Crippen LogP contribution >= 0.6 is 0 Å². The number of alkyl halides is 8. The topological polar surface area (TPSA) is 9.23 Å². The monoisotopic (exact) mass is 246 g/mol. The van der Waals surface area contributed by atoms with Crippen molar-refractivity contribution in [1.29, 1.82) is 0 Å². The van der Waals surface area contributed by atoms with Crippen molar-refractivity contribution < 1.29 is 39.9 Å². The summed E-state index contributed by atoms with van der Waals surface area (Å²) < 4.78 is 98.6. The highest BCUT2D eigenvalue weighted by atomic mass is 19.4. The first-order chi connectivity index (χ1) is 6.47. The first-order valence-electron chi connectivity index (χ1n) is 3.57. The van der Waals surface area contributed by atoms with Crippen molar-refractivity contribution in [2.75, 3.05) is 6.61 Å². The van der Waals surface area contributed by atoms with Crippen LogP contribution in [0.3, 0.4) is 0 Å². The molecule has 0 aliphatic rings. The van der Waals surface area contributed by atoms with Crippen molar-refractivity contribution in [2.24, 2.45) is 0 Å². The molecule has 1 unspecified atom stereocenters. The van der Waals surface area contributed by atoms with E-state index in [-0.39, 0.29) is 0 Å². The molecule has 9 heteroatoms. The number of halogens is 8. The molecule has 0 bridgehead atoms. The van der Waals surface area contributed by atoms with Crippen molar-refractivity contribution in [3.63, 3.8) is 0 Å². The standard InChI is InChI=1S/C6H6F8O/c1-2-15-5(10,11)3(7)4(8,9)6(12,13)14/h3H,2H2,1H3. The predicted molar refractivity (Wildman–Crippen MR) is 32.5 cm³/mol. The van der Waals surface area contributed by atoms with Crippen molar-refractivity contribution in [2.45, 2.75) is 31.3 Å². The van der Waals surface area contributed by atoms with Gasteiger partial charge in [-0.15, -0.1) is 0 Å². The SMILES string of the molecule is CCOC(F)(F)C(F)C(F)(F)C(F)(F)F. The quantitative estimate of drug-likeness (QED) is 0.692. The van der Waals surface area contributed by atoms with Gasteiger partial charge in [-0.3, -0.25) is 0 Å². The third-order valence-electron chi connectivity index (χ3n) is 1.33. The third kappa shape index (κ3) is 2.93. The Labute approximate surface area is 79.0 Å². The van der Waals surface area contributed by atoms with Crippen LogP contribution < -0.4 is 0 Å². The largest absolute Gasteiger partial charge is 0.456 e. The molecule has 92 valence electrons. The molecular weight excluding hydrogens is 240 g/mol. The lowest BCUT2D eigenvalue weighted by atomic mass is 10.2. The van der Waals surface area contributed by atoms with Gasteiger partial charge in [-0.25, -0.2) is 4.39 Å². The van der Waals surface area contributed by atoms with Crippen LogP contribution in [0.4, 0.5) is 35.1 Å². The zero-order chi connectivity index (χ0) is 12.5. The smallest absolute Gasteiger partial charge is 0.318 e. The van der Waals surface area contributed by atoms with E-state index in [1.165, 1.54) is 0 Å². The lowest BCUT2D eigenvalue weighted by Gasteiger charge is -2.28. The Morgan fingerprint density at radius 3 is 1.67 bits per heavy atom. The normalized spacial score (nSPS) is 16.6. The molecule has 0 amide bonds. The van der Waals surface area contributed by atoms with Crippen molar-refractivity contribution in [1.82, 2.24) is 0 Å². The van der Waals surface area contributed by atoms with E-state index in [0.717, 1.165) is 6.92 Å². The van der Waals surface area contributed by atoms with Gasteiger partial charge in [0.1, 0.15) is 0 Å². The minimum Gasteiger partial charge on any atom is -0.318 e. The highest BCUT2D eigenvalue weighted by molar-refractivity contribution is 4.89. The Bertz CT molecular complexity index is 210. The van der Waals surface area contributed by atoms with Gasteiger partial charge < -0.3 is 4.74 Å². The molecule has 0 heterocycles. The molecular formula is C6H6F8O. The van der Waals surface area contributed by atoms with E-state index < -0.39 is 31.0 Å². The second kappa shape index (κ2) is 4.11. The zero-order valence-electron chi connectivity index (χ0n) is 7.22. The van der Waals surface area contributed by atoms with Gasteiger partial charge in [0.2, 0.25) is 0 Å². The van der Waals surface area contributed by atoms with Gasteiger partial charge in [-0.2, -0.15) is 30.7 Å². The Kier molecular flexibility index (Phi) is 3.94. The van der Waals surface area contributed by atoms with E-state index in [9.17, 15) is 35.1 Å². The van der Waals surface area contributed by atoms with Crippen LogP contribution in [0.5, 0.6) is 0 Å². The number of ether oxygens (including phenoxy) is 1. The number of hydrogen-bond acceptors (Lipinski definition) is 1. The van der Waals surface area contributed by atoms with E-state index in [2.05, 4.69) is 4.74 Å². The molecule has 0 aliphatic carbocycles. The number of hydrogen-bond donors (Lipinski definition) is 0. The summed E-state index contributed by atoms with van der Waals surface area (Å²) in [6, 6.07) is 0. The summed E-state index contributed by atoms with van der Waals surface area (Å²) in [6.45, 7) is -0.00623. The highest BCUT2D eigenvalue weighted by Gasteiger charge is 2.70. The molecule has 0 aromatic heterocycles. The average molecular weight is 246 g/mol. The van der Waals surface area contributed by atoms with Crippen LogP contribution in [0.2, 0.25) is 0 Å². The van der Waals surface area contributed by atoms with Gasteiger partial charge in [0.05, 0.1) is 6.61 Å². The van der Waals surface area contributed by atoms with Crippen LogP contribution in [-0.4, -0.2) is 31.0 Å². The molecule has 15 heavy (non-hydrogen) atoms. The summed E-state index contributed by atoms with van der Waals surface area (Å²) in [4.78, 5) is 0. The maximum Gasteiger partial charge on any atom is 0.456 e. The molecule has 0 rings (SSSR count). The molecule has 1 nitrogen and oxygen atoms in total. The van der Waals surface area contributed by atoms with Crippen LogP contribution in [0.1, 0.15) is 6.92 Å². The van der Waals surface area contributed by atoms with E-state index in [0.29, 0.717) is 0 Å². The van der Waals surface area contributed by atoms with Gasteiger partial charge >= 0.3 is 18.2 Å². The summed E-state index contributed by atoms with van der Waals surface area (Å²) in [5.74, 6) is -6.16. The van der Waals surface area contributed by atoms with E-state index in [1.807, 2.05) is 0 Å². The lowest BCUT2D eigenvalue weighted by Crippen LogP contribution is -2.53. The molecule has 0 spiro atoms. The first kappa shape index (κ1) is 14.4. The summed E-state index contributed by atoms with van der Waals surface area (Å²) in [6.07, 6.45) is -16.4. The van der Waals surface area contributed by atoms with E-state index in [1.54, 1.807) is 0 Å². The minimum atomic E-state index is -6.40. The second-order valence-electron chi connectivity index (χ2n) is 2.48. The molecule has 0 aliphatic heterocycles. The maximum absolute atomic E-state index is 12.3. The maximum atomic E-state index is 12.3. The van der Waals surface area contributed by atoms with Crippen LogP contribution in [-0.2, 0) is 4.74 Å². The lowest BCUT2D eigenvalue weighted by molar-refractivity contribution is -0.369.